The van der Waals surface area contributed by atoms with Crippen LogP contribution in [0.5, 0.6) is 0 Å². The number of hydrogen-bond acceptors (Lipinski definition) is 2. The number of halogens is 1. The molecule has 0 aromatic heterocycles. The van der Waals surface area contributed by atoms with Gasteiger partial charge in [0, 0.05) is 25.2 Å². The first-order valence-corrected chi connectivity index (χ1v) is 8.45. The number of nitrogens with zero attached hydrogens (tertiary/aromatic N) is 1. The molecule has 1 aromatic rings. The van der Waals surface area contributed by atoms with Crippen LogP contribution in [0.15, 0.2) is 24.3 Å². The van der Waals surface area contributed by atoms with Crippen LogP contribution in [0.2, 0.25) is 5.02 Å². The van der Waals surface area contributed by atoms with Crippen molar-refractivity contribution in [1.29, 1.82) is 0 Å². The molecule has 0 fully saturated rings. The second-order valence-corrected chi connectivity index (χ2v) is 6.78. The van der Waals surface area contributed by atoms with Crippen LogP contribution in [0.3, 0.4) is 0 Å². The Balaban J connectivity index is 2.52. The second-order valence-electron chi connectivity index (χ2n) is 6.34. The third-order valence-corrected chi connectivity index (χ3v) is 4.12. The summed E-state index contributed by atoms with van der Waals surface area (Å²) in [5.41, 5.74) is -0.00130. The van der Waals surface area contributed by atoms with Crippen molar-refractivity contribution in [2.75, 3.05) is 20.1 Å². The summed E-state index contributed by atoms with van der Waals surface area (Å²) in [5.74, 6) is -0.390. The molecule has 1 N–H and O–H groups in total. The molecule has 0 unspecified atom stereocenters. The van der Waals surface area contributed by atoms with Gasteiger partial charge in [0.25, 0.3) is 0 Å². The highest BCUT2D eigenvalue weighted by atomic mass is 35.5. The van der Waals surface area contributed by atoms with E-state index in [1.54, 1.807) is 25.8 Å². The lowest BCUT2D eigenvalue weighted by molar-refractivity contribution is -0.147. The Kier molecular flexibility index (Phi) is 7.56. The first kappa shape index (κ1) is 19.5. The van der Waals surface area contributed by atoms with Crippen LogP contribution in [0.25, 0.3) is 0 Å². The SMILES string of the molecule is CCCCN(C)C(=O)C(C)(C)C(=O)NCCc1cccc(Cl)c1. The van der Waals surface area contributed by atoms with Crippen molar-refractivity contribution in [3.8, 4) is 0 Å². The predicted octanol–water partition coefficient (Wildman–Crippen LogP) is 3.28. The normalized spacial score (nSPS) is 11.2. The van der Waals surface area contributed by atoms with E-state index in [2.05, 4.69) is 12.2 Å². The maximum absolute atomic E-state index is 12.4. The van der Waals surface area contributed by atoms with Crippen LogP contribution in [0, 0.1) is 5.41 Å². The third-order valence-electron chi connectivity index (χ3n) is 3.88. The molecule has 1 aromatic carbocycles. The molecule has 5 heteroatoms. The third kappa shape index (κ3) is 5.87. The minimum atomic E-state index is -1.06. The lowest BCUT2D eigenvalue weighted by Crippen LogP contribution is -2.49. The molecule has 0 radical (unpaired) electrons. The van der Waals surface area contributed by atoms with E-state index in [0.29, 0.717) is 24.5 Å². The summed E-state index contributed by atoms with van der Waals surface area (Å²) in [4.78, 5) is 26.4. The van der Waals surface area contributed by atoms with E-state index in [1.807, 2.05) is 24.3 Å². The second kappa shape index (κ2) is 8.92. The van der Waals surface area contributed by atoms with E-state index in [0.717, 1.165) is 18.4 Å². The van der Waals surface area contributed by atoms with Gasteiger partial charge in [0.15, 0.2) is 0 Å². The Labute approximate surface area is 144 Å². The van der Waals surface area contributed by atoms with E-state index in [4.69, 9.17) is 11.6 Å². The van der Waals surface area contributed by atoms with Crippen LogP contribution in [0.4, 0.5) is 0 Å². The molecule has 0 heterocycles. The quantitative estimate of drug-likeness (QED) is 0.739. The maximum atomic E-state index is 12.4. The molecule has 0 aliphatic carbocycles. The van der Waals surface area contributed by atoms with Crippen molar-refractivity contribution in [3.63, 3.8) is 0 Å². The van der Waals surface area contributed by atoms with Crippen molar-refractivity contribution in [2.24, 2.45) is 5.41 Å². The van der Waals surface area contributed by atoms with Gasteiger partial charge < -0.3 is 10.2 Å². The zero-order valence-electron chi connectivity index (χ0n) is 14.5. The summed E-state index contributed by atoms with van der Waals surface area (Å²) in [6.07, 6.45) is 2.64. The van der Waals surface area contributed by atoms with Gasteiger partial charge in [-0.05, 0) is 44.4 Å². The minimum Gasteiger partial charge on any atom is -0.355 e. The van der Waals surface area contributed by atoms with Gasteiger partial charge in [0.05, 0.1) is 0 Å². The fraction of sp³-hybridized carbons (Fsp3) is 0.556. The van der Waals surface area contributed by atoms with E-state index >= 15 is 0 Å². The number of unbranched alkanes of at least 4 members (excludes halogenated alkanes) is 1. The molecule has 0 atom stereocenters. The highest BCUT2D eigenvalue weighted by Crippen LogP contribution is 2.19. The largest absolute Gasteiger partial charge is 0.355 e. The Morgan fingerprint density at radius 1 is 1.30 bits per heavy atom. The summed E-state index contributed by atoms with van der Waals surface area (Å²) in [6.45, 7) is 6.58. The highest BCUT2D eigenvalue weighted by molar-refractivity contribution is 6.30. The Morgan fingerprint density at radius 2 is 2.00 bits per heavy atom. The predicted molar refractivity (Wildman–Crippen MR) is 94.5 cm³/mol. The summed E-state index contributed by atoms with van der Waals surface area (Å²) < 4.78 is 0. The molecule has 2 amide bonds. The van der Waals surface area contributed by atoms with E-state index < -0.39 is 5.41 Å². The van der Waals surface area contributed by atoms with E-state index in [-0.39, 0.29) is 11.8 Å². The van der Waals surface area contributed by atoms with E-state index in [1.165, 1.54) is 0 Å². The van der Waals surface area contributed by atoms with Gasteiger partial charge in [-0.3, -0.25) is 9.59 Å². The van der Waals surface area contributed by atoms with Crippen LogP contribution in [-0.4, -0.2) is 36.9 Å². The average Bonchev–Trinajstić information content (AvgIpc) is 2.51. The van der Waals surface area contributed by atoms with Gasteiger partial charge in [0.2, 0.25) is 11.8 Å². The van der Waals surface area contributed by atoms with Crippen LogP contribution in [-0.2, 0) is 16.0 Å². The molecule has 0 saturated heterocycles. The molecule has 0 saturated carbocycles. The van der Waals surface area contributed by atoms with Crippen molar-refractivity contribution in [2.45, 2.75) is 40.0 Å². The molecule has 0 aliphatic rings. The topological polar surface area (TPSA) is 49.4 Å². The zero-order chi connectivity index (χ0) is 17.5. The lowest BCUT2D eigenvalue weighted by Gasteiger charge is -2.28. The number of nitrogens with one attached hydrogen (secondary N) is 1. The van der Waals surface area contributed by atoms with Gasteiger partial charge in [-0.15, -0.1) is 0 Å². The first-order chi connectivity index (χ1) is 10.8. The number of hydrogen-bond donors (Lipinski definition) is 1. The molecule has 1 rings (SSSR count). The summed E-state index contributed by atoms with van der Waals surface area (Å²) in [5, 5.41) is 3.54. The molecule has 0 spiro atoms. The standard InChI is InChI=1S/C18H27ClN2O2/c1-5-6-12-21(4)17(23)18(2,3)16(22)20-11-10-14-8-7-9-15(19)13-14/h7-9,13H,5-6,10-12H2,1-4H3,(H,20,22). The van der Waals surface area contributed by atoms with Gasteiger partial charge in [-0.25, -0.2) is 0 Å². The number of carbonyl (C=O) groups is 2. The molecule has 128 valence electrons. The van der Waals surface area contributed by atoms with Gasteiger partial charge in [0.1, 0.15) is 5.41 Å². The minimum absolute atomic E-state index is 0.147. The zero-order valence-corrected chi connectivity index (χ0v) is 15.2. The fourth-order valence-corrected chi connectivity index (χ4v) is 2.52. The summed E-state index contributed by atoms with van der Waals surface area (Å²) in [6, 6.07) is 7.54. The van der Waals surface area contributed by atoms with E-state index in [9.17, 15) is 9.59 Å². The van der Waals surface area contributed by atoms with Gasteiger partial charge >= 0.3 is 0 Å². The Bertz CT molecular complexity index is 544. The van der Waals surface area contributed by atoms with Crippen molar-refractivity contribution in [1.82, 2.24) is 10.2 Å². The first-order valence-electron chi connectivity index (χ1n) is 8.07. The van der Waals surface area contributed by atoms with Crippen LogP contribution in [0.1, 0.15) is 39.2 Å². The highest BCUT2D eigenvalue weighted by Gasteiger charge is 2.37. The summed E-state index contributed by atoms with van der Waals surface area (Å²) >= 11 is 5.94. The maximum Gasteiger partial charge on any atom is 0.237 e. The average molecular weight is 339 g/mol. The number of rotatable bonds is 8. The molecule has 0 bridgehead atoms. The Hall–Kier alpha value is -1.55. The lowest BCUT2D eigenvalue weighted by atomic mass is 9.90. The number of benzene rings is 1. The van der Waals surface area contributed by atoms with Gasteiger partial charge in [-0.2, -0.15) is 0 Å². The monoisotopic (exact) mass is 338 g/mol. The molecular formula is C18H27ClN2O2. The molecular weight excluding hydrogens is 312 g/mol. The Morgan fingerprint density at radius 3 is 2.61 bits per heavy atom. The van der Waals surface area contributed by atoms with Crippen molar-refractivity contribution >= 4 is 23.4 Å². The van der Waals surface area contributed by atoms with Crippen LogP contribution < -0.4 is 5.32 Å². The molecule has 23 heavy (non-hydrogen) atoms. The smallest absolute Gasteiger partial charge is 0.237 e. The summed E-state index contributed by atoms with van der Waals surface area (Å²) in [7, 11) is 1.75. The van der Waals surface area contributed by atoms with Crippen molar-refractivity contribution < 1.29 is 9.59 Å². The molecule has 4 nitrogen and oxygen atoms in total. The number of amides is 2. The fourth-order valence-electron chi connectivity index (χ4n) is 2.30. The number of carbonyl (C=O) groups excluding carboxylic acids is 2. The van der Waals surface area contributed by atoms with Crippen molar-refractivity contribution in [3.05, 3.63) is 34.9 Å². The molecule has 0 aliphatic heterocycles. The van der Waals surface area contributed by atoms with Crippen LogP contribution >= 0.6 is 11.6 Å². The van der Waals surface area contributed by atoms with Gasteiger partial charge in [-0.1, -0.05) is 37.1 Å².